The summed E-state index contributed by atoms with van der Waals surface area (Å²) in [5.74, 6) is 0.746. The van der Waals surface area contributed by atoms with Crippen LogP contribution in [-0.2, 0) is 20.0 Å². The van der Waals surface area contributed by atoms with Gasteiger partial charge in [-0.3, -0.25) is 0 Å². The van der Waals surface area contributed by atoms with Gasteiger partial charge < -0.3 is 15.5 Å². The van der Waals surface area contributed by atoms with Gasteiger partial charge in [0, 0.05) is 25.7 Å². The van der Waals surface area contributed by atoms with Crippen molar-refractivity contribution in [1.29, 1.82) is 0 Å². The molecule has 1 saturated carbocycles. The lowest BCUT2D eigenvalue weighted by atomic mass is 9.67. The number of urea groups is 1. The van der Waals surface area contributed by atoms with Crippen LogP contribution < -0.4 is 10.6 Å². The number of nitrogens with zero attached hydrogens (tertiary/aromatic N) is 2. The Morgan fingerprint density at radius 2 is 1.68 bits per heavy atom. The molecule has 1 atom stereocenters. The number of likely N-dealkylation sites (tertiary alicyclic amines) is 1. The van der Waals surface area contributed by atoms with Gasteiger partial charge in [0.1, 0.15) is 0 Å². The number of hydrogen-bond donors (Lipinski definition) is 2. The van der Waals surface area contributed by atoms with Gasteiger partial charge in [0.2, 0.25) is 20.0 Å². The number of amides is 2. The van der Waals surface area contributed by atoms with E-state index in [4.69, 9.17) is 0 Å². The quantitative estimate of drug-likeness (QED) is 0.604. The summed E-state index contributed by atoms with van der Waals surface area (Å²) in [7, 11) is -8.37. The minimum absolute atomic E-state index is 0. The fourth-order valence-electron chi connectivity index (χ4n) is 4.73. The molecular formula is C16H31ClN4O5S2. The molecule has 2 N–H and O–H groups in total. The first-order valence-corrected chi connectivity index (χ1v) is 13.1. The summed E-state index contributed by atoms with van der Waals surface area (Å²) in [5, 5.41) is 5.99. The Labute approximate surface area is 174 Å². The zero-order chi connectivity index (χ0) is 19.9. The van der Waals surface area contributed by atoms with Crippen LogP contribution in [0.15, 0.2) is 0 Å². The van der Waals surface area contributed by atoms with E-state index in [0.717, 1.165) is 64.3 Å². The summed E-state index contributed by atoms with van der Waals surface area (Å²) in [6, 6.07) is -1.27. The van der Waals surface area contributed by atoms with Gasteiger partial charge in [0.05, 0.1) is 12.5 Å². The maximum atomic E-state index is 12.2. The van der Waals surface area contributed by atoms with E-state index in [1.165, 1.54) is 6.42 Å². The molecule has 0 aromatic heterocycles. The van der Waals surface area contributed by atoms with Gasteiger partial charge in [0.25, 0.3) is 0 Å². The molecule has 0 aromatic carbocycles. The highest BCUT2D eigenvalue weighted by molar-refractivity contribution is 8.04. The standard InChI is InChI=1S/C16H30N4O5S2.ClH/c1-26(22,23)20(27(2,24)25)15(21)18-14-3-6-16(7-4-14)11-19(12-16)10-13-5-8-17-9-13;/h13-14,17H,3-12H2,1-2H3,(H,18,21);1H/t13-;/m1./s1. The summed E-state index contributed by atoms with van der Waals surface area (Å²) in [6.45, 7) is 5.54. The fraction of sp³-hybridized carbons (Fsp3) is 0.938. The molecule has 0 aromatic rings. The van der Waals surface area contributed by atoms with E-state index in [1.54, 1.807) is 0 Å². The van der Waals surface area contributed by atoms with Gasteiger partial charge in [-0.05, 0) is 56.5 Å². The average molecular weight is 459 g/mol. The molecule has 0 unspecified atom stereocenters. The Kier molecular flexibility index (Phi) is 7.29. The van der Waals surface area contributed by atoms with Crippen molar-refractivity contribution in [3.63, 3.8) is 0 Å². The number of nitrogens with one attached hydrogen (secondary N) is 2. The van der Waals surface area contributed by atoms with Gasteiger partial charge in [-0.25, -0.2) is 21.6 Å². The van der Waals surface area contributed by atoms with Crippen LogP contribution in [0.3, 0.4) is 0 Å². The first-order chi connectivity index (χ1) is 12.5. The first kappa shape index (κ1) is 23.7. The smallest absolute Gasteiger partial charge is 0.334 e. The summed E-state index contributed by atoms with van der Waals surface area (Å²) in [5.41, 5.74) is 0.306. The van der Waals surface area contributed by atoms with Crippen LogP contribution in [0.5, 0.6) is 0 Å². The molecule has 9 nitrogen and oxygen atoms in total. The molecule has 2 amide bonds. The Hall–Kier alpha value is -0.620. The van der Waals surface area contributed by atoms with Gasteiger partial charge >= 0.3 is 6.03 Å². The van der Waals surface area contributed by atoms with Crippen LogP contribution in [0, 0.1) is 11.3 Å². The summed E-state index contributed by atoms with van der Waals surface area (Å²) in [6.07, 6.45) is 6.09. The lowest BCUT2D eigenvalue weighted by Gasteiger charge is -2.54. The molecular weight excluding hydrogens is 428 g/mol. The second-order valence-electron chi connectivity index (χ2n) is 8.48. The van der Waals surface area contributed by atoms with E-state index in [-0.39, 0.29) is 22.2 Å². The molecule has 28 heavy (non-hydrogen) atoms. The van der Waals surface area contributed by atoms with E-state index in [1.807, 2.05) is 0 Å². The molecule has 12 heteroatoms. The lowest BCUT2D eigenvalue weighted by Crippen LogP contribution is -2.60. The molecule has 0 bridgehead atoms. The zero-order valence-electron chi connectivity index (χ0n) is 16.4. The molecule has 164 valence electrons. The fourth-order valence-corrected chi connectivity index (χ4v) is 7.41. The maximum Gasteiger partial charge on any atom is 0.345 e. The van der Waals surface area contributed by atoms with Gasteiger partial charge in [-0.15, -0.1) is 16.1 Å². The largest absolute Gasteiger partial charge is 0.345 e. The second kappa shape index (κ2) is 8.63. The second-order valence-corrected chi connectivity index (χ2v) is 12.4. The SMILES string of the molecule is CS(=O)(=O)N(C(=O)NC1CCC2(CC1)CN(C[C@@H]1CCNC1)C2)S(C)(=O)=O.Cl. The van der Waals surface area contributed by atoms with E-state index >= 15 is 0 Å². The van der Waals surface area contributed by atoms with Crippen molar-refractivity contribution in [2.75, 3.05) is 45.2 Å². The van der Waals surface area contributed by atoms with Crippen LogP contribution in [0.4, 0.5) is 4.79 Å². The molecule has 3 fully saturated rings. The van der Waals surface area contributed by atoms with E-state index < -0.39 is 26.1 Å². The molecule has 2 aliphatic heterocycles. The number of carbonyl (C=O) groups excluding carboxylic acids is 1. The third-order valence-electron chi connectivity index (χ3n) is 5.94. The van der Waals surface area contributed by atoms with Crippen molar-refractivity contribution < 1.29 is 21.6 Å². The number of rotatable bonds is 5. The molecule has 1 spiro atoms. The Balaban J connectivity index is 0.00000280. The van der Waals surface area contributed by atoms with Crippen LogP contribution in [0.1, 0.15) is 32.1 Å². The normalized spacial score (nSPS) is 25.7. The third-order valence-corrected chi connectivity index (χ3v) is 9.10. The number of hydrogen-bond acceptors (Lipinski definition) is 7. The molecule has 3 rings (SSSR count). The summed E-state index contributed by atoms with van der Waals surface area (Å²) < 4.78 is 46.6. The van der Waals surface area contributed by atoms with Crippen molar-refractivity contribution in [2.45, 2.75) is 38.1 Å². The highest BCUT2D eigenvalue weighted by Gasteiger charge is 2.46. The first-order valence-electron chi connectivity index (χ1n) is 9.43. The molecule has 2 saturated heterocycles. The molecule has 3 aliphatic rings. The van der Waals surface area contributed by atoms with Crippen LogP contribution in [-0.4, -0.2) is 82.8 Å². The van der Waals surface area contributed by atoms with Crippen LogP contribution >= 0.6 is 12.4 Å². The van der Waals surface area contributed by atoms with Crippen molar-refractivity contribution in [2.24, 2.45) is 11.3 Å². The predicted octanol–water partition coefficient (Wildman–Crippen LogP) is 0.193. The highest BCUT2D eigenvalue weighted by atomic mass is 35.5. The monoisotopic (exact) mass is 458 g/mol. The van der Waals surface area contributed by atoms with Crippen LogP contribution in [0.2, 0.25) is 0 Å². The van der Waals surface area contributed by atoms with Gasteiger partial charge in [0.15, 0.2) is 0 Å². The topological polar surface area (TPSA) is 116 Å². The van der Waals surface area contributed by atoms with Crippen molar-refractivity contribution >= 4 is 38.5 Å². The average Bonchev–Trinajstić information content (AvgIpc) is 2.97. The van der Waals surface area contributed by atoms with Gasteiger partial charge in [-0.2, -0.15) is 0 Å². The minimum atomic E-state index is -4.19. The van der Waals surface area contributed by atoms with Crippen molar-refractivity contribution in [1.82, 2.24) is 19.2 Å². The van der Waals surface area contributed by atoms with E-state index in [9.17, 15) is 21.6 Å². The third kappa shape index (κ3) is 5.50. The summed E-state index contributed by atoms with van der Waals surface area (Å²) in [4.78, 5) is 14.7. The Morgan fingerprint density at radius 1 is 1.11 bits per heavy atom. The zero-order valence-corrected chi connectivity index (χ0v) is 18.8. The van der Waals surface area contributed by atoms with E-state index in [2.05, 4.69) is 15.5 Å². The molecule has 2 heterocycles. The lowest BCUT2D eigenvalue weighted by molar-refractivity contribution is -0.0393. The minimum Gasteiger partial charge on any atom is -0.334 e. The Bertz CT molecular complexity index is 735. The number of halogens is 1. The van der Waals surface area contributed by atoms with E-state index in [0.29, 0.717) is 17.9 Å². The molecule has 1 aliphatic carbocycles. The van der Waals surface area contributed by atoms with Crippen LogP contribution in [0.25, 0.3) is 0 Å². The number of sulfonamides is 2. The van der Waals surface area contributed by atoms with Crippen molar-refractivity contribution in [3.05, 3.63) is 0 Å². The van der Waals surface area contributed by atoms with Crippen molar-refractivity contribution in [3.8, 4) is 0 Å². The number of carbonyl (C=O) groups is 1. The predicted molar refractivity (Wildman–Crippen MR) is 109 cm³/mol. The summed E-state index contributed by atoms with van der Waals surface area (Å²) >= 11 is 0. The Morgan fingerprint density at radius 3 is 2.14 bits per heavy atom. The maximum absolute atomic E-state index is 12.2. The molecule has 0 radical (unpaired) electrons. The highest BCUT2D eigenvalue weighted by Crippen LogP contribution is 2.44. The van der Waals surface area contributed by atoms with Gasteiger partial charge in [-0.1, -0.05) is 0 Å².